The molecule has 1 aromatic heterocycles. The zero-order valence-corrected chi connectivity index (χ0v) is 13.5. The Bertz CT molecular complexity index is 787. The normalized spacial score (nSPS) is 11.0. The SMILES string of the molecule is Fc1ccc(-c2cc(Cl)nc3cc(CCBr)ccc23)cc1. The van der Waals surface area contributed by atoms with E-state index in [4.69, 9.17) is 11.6 Å². The second-order valence-electron chi connectivity index (χ2n) is 4.79. The maximum Gasteiger partial charge on any atom is 0.130 e. The highest BCUT2D eigenvalue weighted by Gasteiger charge is 2.08. The molecular formula is C17H12BrClFN. The summed E-state index contributed by atoms with van der Waals surface area (Å²) < 4.78 is 13.1. The van der Waals surface area contributed by atoms with Crippen LogP contribution in [0.1, 0.15) is 5.56 Å². The molecule has 0 aliphatic heterocycles. The number of aromatic nitrogens is 1. The van der Waals surface area contributed by atoms with E-state index in [0.717, 1.165) is 33.8 Å². The molecule has 1 heterocycles. The number of alkyl halides is 1. The highest BCUT2D eigenvalue weighted by molar-refractivity contribution is 9.09. The first-order chi connectivity index (χ1) is 10.2. The Morgan fingerprint density at radius 1 is 1.05 bits per heavy atom. The number of rotatable bonds is 3. The smallest absolute Gasteiger partial charge is 0.130 e. The third kappa shape index (κ3) is 3.09. The van der Waals surface area contributed by atoms with Gasteiger partial charge in [0.15, 0.2) is 0 Å². The number of aryl methyl sites for hydroxylation is 1. The summed E-state index contributed by atoms with van der Waals surface area (Å²) >= 11 is 9.58. The van der Waals surface area contributed by atoms with Crippen molar-refractivity contribution in [3.05, 3.63) is 65.1 Å². The standard InChI is InChI=1S/C17H12BrClFN/c18-8-7-11-1-6-14-15(10-17(19)21-16(14)9-11)12-2-4-13(20)5-3-12/h1-6,9-10H,7-8H2. The van der Waals surface area contributed by atoms with E-state index in [0.29, 0.717) is 5.15 Å². The van der Waals surface area contributed by atoms with E-state index in [1.165, 1.54) is 17.7 Å². The fourth-order valence-corrected chi connectivity index (χ4v) is 3.03. The number of nitrogens with zero attached hydrogens (tertiary/aromatic N) is 1. The summed E-state index contributed by atoms with van der Waals surface area (Å²) in [5.74, 6) is -0.247. The van der Waals surface area contributed by atoms with Gasteiger partial charge in [-0.3, -0.25) is 0 Å². The molecule has 0 spiro atoms. The van der Waals surface area contributed by atoms with E-state index in [9.17, 15) is 4.39 Å². The van der Waals surface area contributed by atoms with E-state index >= 15 is 0 Å². The molecule has 0 saturated heterocycles. The molecule has 3 aromatic rings. The van der Waals surface area contributed by atoms with E-state index < -0.39 is 0 Å². The molecule has 0 N–H and O–H groups in total. The predicted molar refractivity (Wildman–Crippen MR) is 89.6 cm³/mol. The number of hydrogen-bond donors (Lipinski definition) is 0. The van der Waals surface area contributed by atoms with Crippen LogP contribution in [-0.2, 0) is 6.42 Å². The lowest BCUT2D eigenvalue weighted by Gasteiger charge is -2.09. The fourth-order valence-electron chi connectivity index (χ4n) is 2.37. The van der Waals surface area contributed by atoms with Crippen LogP contribution < -0.4 is 0 Å². The molecule has 0 aliphatic rings. The number of halogens is 3. The van der Waals surface area contributed by atoms with Gasteiger partial charge in [0.1, 0.15) is 11.0 Å². The van der Waals surface area contributed by atoms with Crippen molar-refractivity contribution in [2.75, 3.05) is 5.33 Å². The minimum atomic E-state index is -0.247. The molecule has 106 valence electrons. The van der Waals surface area contributed by atoms with Crippen LogP contribution in [0.2, 0.25) is 5.15 Å². The molecule has 4 heteroatoms. The Labute approximate surface area is 135 Å². The van der Waals surface area contributed by atoms with Crippen molar-refractivity contribution >= 4 is 38.4 Å². The molecule has 2 aromatic carbocycles. The molecule has 0 bridgehead atoms. The molecule has 0 fully saturated rings. The molecule has 21 heavy (non-hydrogen) atoms. The molecule has 1 nitrogen and oxygen atoms in total. The second kappa shape index (κ2) is 6.12. The fraction of sp³-hybridized carbons (Fsp3) is 0.118. The van der Waals surface area contributed by atoms with Gasteiger partial charge in [-0.2, -0.15) is 0 Å². The van der Waals surface area contributed by atoms with Gasteiger partial charge in [-0.25, -0.2) is 9.37 Å². The van der Waals surface area contributed by atoms with Gasteiger partial charge < -0.3 is 0 Å². The summed E-state index contributed by atoms with van der Waals surface area (Å²) in [7, 11) is 0. The number of hydrogen-bond acceptors (Lipinski definition) is 1. The molecule has 0 atom stereocenters. The van der Waals surface area contributed by atoms with Crippen molar-refractivity contribution in [2.45, 2.75) is 6.42 Å². The first kappa shape index (κ1) is 14.5. The molecule has 0 aliphatic carbocycles. The highest BCUT2D eigenvalue weighted by Crippen LogP contribution is 2.31. The predicted octanol–water partition coefficient (Wildman–Crippen LogP) is 5.63. The maximum absolute atomic E-state index is 13.1. The van der Waals surface area contributed by atoms with Crippen LogP contribution in [0.5, 0.6) is 0 Å². The van der Waals surface area contributed by atoms with Crippen molar-refractivity contribution in [1.82, 2.24) is 4.98 Å². The number of benzene rings is 2. The lowest BCUT2D eigenvalue weighted by atomic mass is 10.00. The molecule has 0 radical (unpaired) electrons. The zero-order valence-electron chi connectivity index (χ0n) is 11.1. The molecule has 3 rings (SSSR count). The minimum absolute atomic E-state index is 0.247. The minimum Gasteiger partial charge on any atom is -0.236 e. The van der Waals surface area contributed by atoms with Crippen LogP contribution in [0.4, 0.5) is 4.39 Å². The van der Waals surface area contributed by atoms with Crippen LogP contribution in [0.25, 0.3) is 22.0 Å². The average molecular weight is 365 g/mol. The lowest BCUT2D eigenvalue weighted by molar-refractivity contribution is 0.628. The van der Waals surface area contributed by atoms with E-state index in [2.05, 4.69) is 39.1 Å². The van der Waals surface area contributed by atoms with Crippen LogP contribution in [0.15, 0.2) is 48.5 Å². The van der Waals surface area contributed by atoms with Crippen LogP contribution in [-0.4, -0.2) is 10.3 Å². The van der Waals surface area contributed by atoms with Crippen molar-refractivity contribution in [2.24, 2.45) is 0 Å². The molecular weight excluding hydrogens is 353 g/mol. The van der Waals surface area contributed by atoms with Crippen molar-refractivity contribution in [1.29, 1.82) is 0 Å². The first-order valence-corrected chi connectivity index (χ1v) is 8.08. The third-order valence-corrected chi connectivity index (χ3v) is 3.97. The van der Waals surface area contributed by atoms with E-state index in [-0.39, 0.29) is 5.82 Å². The Kier molecular flexibility index (Phi) is 4.22. The number of pyridine rings is 1. The largest absolute Gasteiger partial charge is 0.236 e. The van der Waals surface area contributed by atoms with Gasteiger partial charge in [0.2, 0.25) is 0 Å². The molecule has 0 amide bonds. The van der Waals surface area contributed by atoms with Crippen molar-refractivity contribution in [3.8, 4) is 11.1 Å². The van der Waals surface area contributed by atoms with Crippen LogP contribution in [0.3, 0.4) is 0 Å². The van der Waals surface area contributed by atoms with Gasteiger partial charge in [0.05, 0.1) is 5.52 Å². The van der Waals surface area contributed by atoms with Gasteiger partial charge in [-0.05, 0) is 47.4 Å². The van der Waals surface area contributed by atoms with Crippen LogP contribution in [0, 0.1) is 5.82 Å². The first-order valence-electron chi connectivity index (χ1n) is 6.58. The molecule has 0 saturated carbocycles. The van der Waals surface area contributed by atoms with Gasteiger partial charge >= 0.3 is 0 Å². The summed E-state index contributed by atoms with van der Waals surface area (Å²) in [5.41, 5.74) is 3.97. The summed E-state index contributed by atoms with van der Waals surface area (Å²) in [6.07, 6.45) is 0.940. The Balaban J connectivity index is 2.20. The van der Waals surface area contributed by atoms with Crippen molar-refractivity contribution in [3.63, 3.8) is 0 Å². The third-order valence-electron chi connectivity index (χ3n) is 3.38. The Hall–Kier alpha value is -1.45. The summed E-state index contributed by atoms with van der Waals surface area (Å²) in [6, 6.07) is 14.4. The molecule has 0 unspecified atom stereocenters. The Morgan fingerprint density at radius 3 is 2.52 bits per heavy atom. The summed E-state index contributed by atoms with van der Waals surface area (Å²) in [5, 5.41) is 2.37. The van der Waals surface area contributed by atoms with E-state index in [1.54, 1.807) is 12.1 Å². The van der Waals surface area contributed by atoms with E-state index in [1.807, 2.05) is 6.07 Å². The monoisotopic (exact) mass is 363 g/mol. The highest BCUT2D eigenvalue weighted by atomic mass is 79.9. The quantitative estimate of drug-likeness (QED) is 0.433. The van der Waals surface area contributed by atoms with Gasteiger partial charge in [-0.15, -0.1) is 0 Å². The average Bonchev–Trinajstić information content (AvgIpc) is 2.47. The Morgan fingerprint density at radius 2 is 1.81 bits per heavy atom. The second-order valence-corrected chi connectivity index (χ2v) is 5.97. The summed E-state index contributed by atoms with van der Waals surface area (Å²) in [6.45, 7) is 0. The topological polar surface area (TPSA) is 12.9 Å². The number of fused-ring (bicyclic) bond motifs is 1. The summed E-state index contributed by atoms with van der Waals surface area (Å²) in [4.78, 5) is 4.40. The van der Waals surface area contributed by atoms with Gasteiger partial charge in [-0.1, -0.05) is 51.8 Å². The lowest BCUT2D eigenvalue weighted by Crippen LogP contribution is -1.90. The maximum atomic E-state index is 13.1. The zero-order chi connectivity index (χ0) is 14.8. The van der Waals surface area contributed by atoms with Gasteiger partial charge in [0.25, 0.3) is 0 Å². The van der Waals surface area contributed by atoms with Crippen LogP contribution >= 0.6 is 27.5 Å². The van der Waals surface area contributed by atoms with Gasteiger partial charge in [0, 0.05) is 10.7 Å². The van der Waals surface area contributed by atoms with Crippen molar-refractivity contribution < 1.29 is 4.39 Å².